The molecule has 2 amide bonds. The molecule has 5 nitrogen and oxygen atoms in total. The number of aryl methyl sites for hydroxylation is 1. The van der Waals surface area contributed by atoms with Crippen LogP contribution in [0.15, 0.2) is 24.3 Å². The zero-order chi connectivity index (χ0) is 16.2. The van der Waals surface area contributed by atoms with E-state index in [9.17, 15) is 9.59 Å². The number of amides is 2. The maximum absolute atomic E-state index is 12.2. The number of methoxy groups -OCH3 is 1. The molecule has 1 atom stereocenters. The molecule has 0 aromatic heterocycles. The van der Waals surface area contributed by atoms with E-state index in [0.29, 0.717) is 25.6 Å². The molecule has 2 aliphatic rings. The van der Waals surface area contributed by atoms with Crippen LogP contribution in [-0.2, 0) is 16.0 Å². The molecule has 1 saturated heterocycles. The minimum atomic E-state index is -0.163. The summed E-state index contributed by atoms with van der Waals surface area (Å²) in [5.74, 6) is 0.861. The Morgan fingerprint density at radius 3 is 2.70 bits per heavy atom. The van der Waals surface area contributed by atoms with Crippen LogP contribution in [0, 0.1) is 5.92 Å². The molecule has 124 valence electrons. The van der Waals surface area contributed by atoms with Gasteiger partial charge in [-0.15, -0.1) is 0 Å². The normalized spacial score (nSPS) is 20.7. The van der Waals surface area contributed by atoms with Crippen molar-refractivity contribution in [3.63, 3.8) is 0 Å². The van der Waals surface area contributed by atoms with Gasteiger partial charge in [-0.25, -0.2) is 0 Å². The number of hydrogen-bond acceptors (Lipinski definition) is 3. The number of hydrogen-bond donors (Lipinski definition) is 1. The van der Waals surface area contributed by atoms with Crippen molar-refractivity contribution in [3.8, 4) is 5.75 Å². The van der Waals surface area contributed by atoms with Crippen LogP contribution >= 0.6 is 0 Å². The van der Waals surface area contributed by atoms with Gasteiger partial charge in [0.05, 0.1) is 13.0 Å². The van der Waals surface area contributed by atoms with E-state index >= 15 is 0 Å². The van der Waals surface area contributed by atoms with E-state index in [1.165, 1.54) is 5.56 Å². The fourth-order valence-corrected chi connectivity index (χ4v) is 3.09. The first-order valence-corrected chi connectivity index (χ1v) is 8.37. The second kappa shape index (κ2) is 7.02. The predicted octanol–water partition coefficient (Wildman–Crippen LogP) is 1.75. The van der Waals surface area contributed by atoms with Gasteiger partial charge in [0.2, 0.25) is 11.8 Å². The van der Waals surface area contributed by atoms with Crippen LogP contribution in [0.2, 0.25) is 0 Å². The van der Waals surface area contributed by atoms with Gasteiger partial charge in [-0.1, -0.05) is 12.1 Å². The zero-order valence-electron chi connectivity index (χ0n) is 13.6. The summed E-state index contributed by atoms with van der Waals surface area (Å²) in [4.78, 5) is 25.9. The highest BCUT2D eigenvalue weighted by atomic mass is 16.5. The largest absolute Gasteiger partial charge is 0.497 e. The van der Waals surface area contributed by atoms with Crippen molar-refractivity contribution in [2.75, 3.05) is 20.2 Å². The molecule has 1 aromatic rings. The lowest BCUT2D eigenvalue weighted by atomic mass is 10.1. The van der Waals surface area contributed by atoms with Crippen LogP contribution in [0.3, 0.4) is 0 Å². The summed E-state index contributed by atoms with van der Waals surface area (Å²) < 4.78 is 5.13. The van der Waals surface area contributed by atoms with E-state index in [1.54, 1.807) is 7.11 Å². The van der Waals surface area contributed by atoms with E-state index in [0.717, 1.165) is 31.4 Å². The third-order valence-electron chi connectivity index (χ3n) is 4.62. The third-order valence-corrected chi connectivity index (χ3v) is 4.62. The molecule has 5 heteroatoms. The Balaban J connectivity index is 1.36. The van der Waals surface area contributed by atoms with Gasteiger partial charge in [0, 0.05) is 25.6 Å². The van der Waals surface area contributed by atoms with Crippen molar-refractivity contribution >= 4 is 11.8 Å². The van der Waals surface area contributed by atoms with Crippen LogP contribution in [0.5, 0.6) is 5.75 Å². The molecule has 1 saturated carbocycles. The fourth-order valence-electron chi connectivity index (χ4n) is 3.09. The number of ether oxygens (including phenoxy) is 1. The summed E-state index contributed by atoms with van der Waals surface area (Å²) >= 11 is 0. The van der Waals surface area contributed by atoms with Gasteiger partial charge in [0.25, 0.3) is 0 Å². The summed E-state index contributed by atoms with van der Waals surface area (Å²) in [6.45, 7) is 1.26. The van der Waals surface area contributed by atoms with Gasteiger partial charge in [-0.3, -0.25) is 9.59 Å². The molecule has 1 aliphatic carbocycles. The average molecular weight is 316 g/mol. The summed E-state index contributed by atoms with van der Waals surface area (Å²) in [5.41, 5.74) is 1.23. The van der Waals surface area contributed by atoms with Crippen LogP contribution in [0.1, 0.15) is 31.2 Å². The van der Waals surface area contributed by atoms with E-state index in [-0.39, 0.29) is 17.7 Å². The van der Waals surface area contributed by atoms with Crippen molar-refractivity contribution in [2.24, 2.45) is 5.92 Å². The molecule has 0 unspecified atom stereocenters. The van der Waals surface area contributed by atoms with Crippen LogP contribution in [0.25, 0.3) is 0 Å². The second-order valence-electron chi connectivity index (χ2n) is 6.42. The molecule has 3 rings (SSSR count). The molecular weight excluding hydrogens is 292 g/mol. The first kappa shape index (κ1) is 15.8. The average Bonchev–Trinajstić information content (AvgIpc) is 3.34. The number of likely N-dealkylation sites (tertiary alicyclic amines) is 1. The lowest BCUT2D eigenvalue weighted by Gasteiger charge is -2.15. The number of carbonyl (C=O) groups excluding carboxylic acids is 2. The van der Waals surface area contributed by atoms with Crippen LogP contribution < -0.4 is 10.1 Å². The quantitative estimate of drug-likeness (QED) is 0.780. The molecular formula is C18H24N2O3. The minimum absolute atomic E-state index is 0.0243. The van der Waals surface area contributed by atoms with E-state index < -0.39 is 0 Å². The van der Waals surface area contributed by atoms with Crippen molar-refractivity contribution < 1.29 is 14.3 Å². The maximum atomic E-state index is 12.2. The molecule has 0 spiro atoms. The van der Waals surface area contributed by atoms with Crippen molar-refractivity contribution in [1.29, 1.82) is 0 Å². The summed E-state index contributed by atoms with van der Waals surface area (Å²) in [7, 11) is 1.66. The van der Waals surface area contributed by atoms with E-state index in [2.05, 4.69) is 5.32 Å². The molecule has 1 aromatic carbocycles. The Labute approximate surface area is 137 Å². The topological polar surface area (TPSA) is 58.6 Å². The van der Waals surface area contributed by atoms with E-state index in [4.69, 9.17) is 4.74 Å². The highest BCUT2D eigenvalue weighted by Gasteiger charge is 2.41. The molecule has 0 bridgehead atoms. The lowest BCUT2D eigenvalue weighted by Crippen LogP contribution is -2.34. The van der Waals surface area contributed by atoms with Gasteiger partial charge in [-0.2, -0.15) is 0 Å². The Kier molecular flexibility index (Phi) is 4.84. The Bertz CT molecular complexity index is 566. The highest BCUT2D eigenvalue weighted by molar-refractivity contribution is 5.89. The Hall–Kier alpha value is -2.04. The standard InChI is InChI=1S/C18H24N2O3/c1-23-16-8-4-13(5-9-16)3-2-10-19-18(22)14-11-17(21)20(12-14)15-6-7-15/h4-5,8-9,14-15H,2-3,6-7,10-12H2,1H3,(H,19,22)/t14-/m1/s1. The molecule has 1 heterocycles. The van der Waals surface area contributed by atoms with E-state index in [1.807, 2.05) is 29.2 Å². The first-order chi connectivity index (χ1) is 11.2. The lowest BCUT2D eigenvalue weighted by molar-refractivity contribution is -0.129. The molecule has 1 N–H and O–H groups in total. The van der Waals surface area contributed by atoms with Crippen molar-refractivity contribution in [2.45, 2.75) is 38.1 Å². The molecule has 23 heavy (non-hydrogen) atoms. The maximum Gasteiger partial charge on any atom is 0.225 e. The van der Waals surface area contributed by atoms with Gasteiger partial charge in [0.1, 0.15) is 5.75 Å². The number of nitrogens with zero attached hydrogens (tertiary/aromatic N) is 1. The summed E-state index contributed by atoms with van der Waals surface area (Å²) in [6, 6.07) is 8.40. The van der Waals surface area contributed by atoms with Crippen LogP contribution in [0.4, 0.5) is 0 Å². The number of benzene rings is 1. The summed E-state index contributed by atoms with van der Waals surface area (Å²) in [6.07, 6.45) is 4.39. The number of carbonyl (C=O) groups is 2. The van der Waals surface area contributed by atoms with Crippen molar-refractivity contribution in [3.05, 3.63) is 29.8 Å². The Morgan fingerprint density at radius 2 is 2.04 bits per heavy atom. The molecule has 2 fully saturated rings. The Morgan fingerprint density at radius 1 is 1.30 bits per heavy atom. The van der Waals surface area contributed by atoms with Crippen LogP contribution in [-0.4, -0.2) is 43.0 Å². The number of rotatable bonds is 7. The number of nitrogens with one attached hydrogen (secondary N) is 1. The van der Waals surface area contributed by atoms with Gasteiger partial charge in [-0.05, 0) is 43.4 Å². The van der Waals surface area contributed by atoms with Crippen molar-refractivity contribution in [1.82, 2.24) is 10.2 Å². The van der Waals surface area contributed by atoms with Gasteiger partial charge < -0.3 is 15.0 Å². The third kappa shape index (κ3) is 4.03. The fraction of sp³-hybridized carbons (Fsp3) is 0.556. The zero-order valence-corrected chi connectivity index (χ0v) is 13.6. The molecule has 0 radical (unpaired) electrons. The monoisotopic (exact) mass is 316 g/mol. The SMILES string of the molecule is COc1ccc(CCCNC(=O)[C@@H]2CC(=O)N(C3CC3)C2)cc1. The predicted molar refractivity (Wildman–Crippen MR) is 87.2 cm³/mol. The van der Waals surface area contributed by atoms with Gasteiger partial charge >= 0.3 is 0 Å². The highest BCUT2D eigenvalue weighted by Crippen LogP contribution is 2.32. The second-order valence-corrected chi connectivity index (χ2v) is 6.42. The summed E-state index contributed by atoms with van der Waals surface area (Å²) in [5, 5.41) is 2.98. The first-order valence-electron chi connectivity index (χ1n) is 8.37. The van der Waals surface area contributed by atoms with Gasteiger partial charge in [0.15, 0.2) is 0 Å². The molecule has 1 aliphatic heterocycles. The smallest absolute Gasteiger partial charge is 0.225 e. The minimum Gasteiger partial charge on any atom is -0.497 e.